The molecule has 0 aliphatic rings. The van der Waals surface area contributed by atoms with E-state index in [-0.39, 0.29) is 10.8 Å². The third-order valence-corrected chi connectivity index (χ3v) is 5.09. The molecule has 2 rings (SSSR count). The number of amides is 1. The van der Waals surface area contributed by atoms with Crippen LogP contribution in [0.4, 0.5) is 11.4 Å². The number of hydrogen-bond acceptors (Lipinski definition) is 4. The highest BCUT2D eigenvalue weighted by Gasteiger charge is 2.11. The predicted octanol–water partition coefficient (Wildman–Crippen LogP) is 3.58. The van der Waals surface area contributed by atoms with E-state index in [1.54, 1.807) is 0 Å². The van der Waals surface area contributed by atoms with Crippen LogP contribution in [0.1, 0.15) is 31.1 Å². The van der Waals surface area contributed by atoms with Gasteiger partial charge in [-0.2, -0.15) is 0 Å². The highest BCUT2D eigenvalue weighted by molar-refractivity contribution is 7.90. The summed E-state index contributed by atoms with van der Waals surface area (Å²) in [5.74, 6) is -0.274. The first-order valence-electron chi connectivity index (χ1n) is 8.20. The number of benzene rings is 2. The van der Waals surface area contributed by atoms with Crippen molar-refractivity contribution in [2.24, 2.45) is 0 Å². The van der Waals surface area contributed by atoms with Crippen LogP contribution in [0.5, 0.6) is 0 Å². The number of carbonyl (C=O) groups is 1. The molecule has 2 aromatic rings. The number of hydrogen-bond donors (Lipinski definition) is 1. The van der Waals surface area contributed by atoms with E-state index < -0.39 is 9.84 Å². The summed E-state index contributed by atoms with van der Waals surface area (Å²) in [5, 5.41) is 2.82. The van der Waals surface area contributed by atoms with Crippen molar-refractivity contribution in [3.05, 3.63) is 54.1 Å². The molecular weight excluding hydrogens is 336 g/mol. The van der Waals surface area contributed by atoms with Crippen LogP contribution in [0.25, 0.3) is 0 Å². The minimum absolute atomic E-state index is 0.196. The average molecular weight is 360 g/mol. The lowest BCUT2D eigenvalue weighted by atomic mass is 10.2. The third-order valence-electron chi connectivity index (χ3n) is 3.97. The summed E-state index contributed by atoms with van der Waals surface area (Å²) < 4.78 is 22.9. The molecule has 6 heteroatoms. The Morgan fingerprint density at radius 3 is 2.04 bits per heavy atom. The quantitative estimate of drug-likeness (QED) is 0.855. The van der Waals surface area contributed by atoms with E-state index in [1.807, 2.05) is 24.3 Å². The van der Waals surface area contributed by atoms with Gasteiger partial charge in [-0.3, -0.25) is 4.79 Å². The number of sulfone groups is 1. The molecule has 0 heterocycles. The van der Waals surface area contributed by atoms with Gasteiger partial charge in [-0.25, -0.2) is 8.42 Å². The molecule has 0 aliphatic carbocycles. The summed E-state index contributed by atoms with van der Waals surface area (Å²) in [6.45, 7) is 7.30. The van der Waals surface area contributed by atoms with Crippen LogP contribution in [0.15, 0.2) is 53.4 Å². The Morgan fingerprint density at radius 1 is 1.04 bits per heavy atom. The molecule has 0 saturated heterocycles. The van der Waals surface area contributed by atoms with Gasteiger partial charge >= 0.3 is 0 Å². The summed E-state index contributed by atoms with van der Waals surface area (Å²) in [6, 6.07) is 14.0. The van der Waals surface area contributed by atoms with Gasteiger partial charge < -0.3 is 10.2 Å². The van der Waals surface area contributed by atoms with Crippen LogP contribution >= 0.6 is 0 Å². The fourth-order valence-corrected chi connectivity index (χ4v) is 3.27. The maximum absolute atomic E-state index is 12.3. The largest absolute Gasteiger partial charge is 0.369 e. The number of anilines is 2. The molecular formula is C19H24N2O3S. The van der Waals surface area contributed by atoms with Crippen LogP contribution in [0.3, 0.4) is 0 Å². The molecule has 0 bridgehead atoms. The molecule has 25 heavy (non-hydrogen) atoms. The summed E-state index contributed by atoms with van der Waals surface area (Å²) in [6.07, 6.45) is 1.14. The number of nitrogens with one attached hydrogen (secondary N) is 1. The van der Waals surface area contributed by atoms with Gasteiger partial charge in [0.25, 0.3) is 5.91 Å². The number of rotatable bonds is 6. The van der Waals surface area contributed by atoms with E-state index in [0.717, 1.165) is 18.5 Å². The van der Waals surface area contributed by atoms with Crippen molar-refractivity contribution in [1.29, 1.82) is 0 Å². The molecule has 0 aliphatic heterocycles. The van der Waals surface area contributed by atoms with Crippen molar-refractivity contribution in [2.75, 3.05) is 23.0 Å². The van der Waals surface area contributed by atoms with E-state index >= 15 is 0 Å². The second kappa shape index (κ2) is 7.70. The molecule has 1 N–H and O–H groups in total. The van der Waals surface area contributed by atoms with Gasteiger partial charge in [0.05, 0.1) is 4.90 Å². The summed E-state index contributed by atoms with van der Waals surface area (Å²) in [4.78, 5) is 14.7. The Labute approximate surface area is 149 Å². The Balaban J connectivity index is 2.10. The van der Waals surface area contributed by atoms with Gasteiger partial charge in [-0.15, -0.1) is 0 Å². The minimum Gasteiger partial charge on any atom is -0.369 e. The van der Waals surface area contributed by atoms with Gasteiger partial charge in [-0.05, 0) is 69.3 Å². The molecule has 0 fully saturated rings. The summed E-state index contributed by atoms with van der Waals surface area (Å²) in [5.41, 5.74) is 2.21. The van der Waals surface area contributed by atoms with Crippen molar-refractivity contribution in [3.8, 4) is 0 Å². The summed E-state index contributed by atoms with van der Waals surface area (Å²) >= 11 is 0. The molecule has 0 aromatic heterocycles. The highest BCUT2D eigenvalue weighted by Crippen LogP contribution is 2.20. The van der Waals surface area contributed by atoms with Gasteiger partial charge in [0.2, 0.25) is 0 Å². The first-order chi connectivity index (χ1) is 11.7. The molecule has 0 unspecified atom stereocenters. The van der Waals surface area contributed by atoms with Gasteiger partial charge in [0, 0.05) is 35.8 Å². The minimum atomic E-state index is -3.26. The van der Waals surface area contributed by atoms with Crippen LogP contribution in [-0.2, 0) is 9.84 Å². The third kappa shape index (κ3) is 4.82. The maximum Gasteiger partial charge on any atom is 0.255 e. The van der Waals surface area contributed by atoms with Crippen molar-refractivity contribution in [1.82, 2.24) is 0 Å². The standard InChI is InChI=1S/C19H24N2O3S/c1-5-21(14(2)3)17-10-8-16(9-11-17)20-19(22)15-6-12-18(13-7-15)25(4,23)24/h6-14H,5H2,1-4H3,(H,20,22). The van der Waals surface area contributed by atoms with Crippen LogP contribution in [-0.4, -0.2) is 33.2 Å². The zero-order chi connectivity index (χ0) is 18.6. The van der Waals surface area contributed by atoms with Crippen molar-refractivity contribution >= 4 is 27.1 Å². The van der Waals surface area contributed by atoms with Gasteiger partial charge in [0.15, 0.2) is 9.84 Å². The molecule has 134 valence electrons. The van der Waals surface area contributed by atoms with E-state index in [1.165, 1.54) is 24.3 Å². The fraction of sp³-hybridized carbons (Fsp3) is 0.316. The normalized spacial score (nSPS) is 11.4. The molecule has 2 aromatic carbocycles. The molecule has 0 atom stereocenters. The monoisotopic (exact) mass is 360 g/mol. The van der Waals surface area contributed by atoms with Crippen molar-refractivity contribution in [2.45, 2.75) is 31.7 Å². The Kier molecular flexibility index (Phi) is 5.85. The van der Waals surface area contributed by atoms with E-state index in [9.17, 15) is 13.2 Å². The Morgan fingerprint density at radius 2 is 1.60 bits per heavy atom. The molecule has 0 saturated carbocycles. The second-order valence-electron chi connectivity index (χ2n) is 6.18. The first kappa shape index (κ1) is 19.0. The van der Waals surface area contributed by atoms with Crippen molar-refractivity contribution < 1.29 is 13.2 Å². The molecule has 0 spiro atoms. The lowest BCUT2D eigenvalue weighted by Gasteiger charge is -2.27. The predicted molar refractivity (Wildman–Crippen MR) is 102 cm³/mol. The second-order valence-corrected chi connectivity index (χ2v) is 8.19. The summed E-state index contributed by atoms with van der Waals surface area (Å²) in [7, 11) is -3.26. The maximum atomic E-state index is 12.3. The number of nitrogens with zero attached hydrogens (tertiary/aromatic N) is 1. The van der Waals surface area contributed by atoms with Gasteiger partial charge in [0.1, 0.15) is 0 Å². The zero-order valence-corrected chi connectivity index (χ0v) is 15.8. The van der Waals surface area contributed by atoms with Gasteiger partial charge in [-0.1, -0.05) is 0 Å². The van der Waals surface area contributed by atoms with E-state index in [2.05, 4.69) is 31.0 Å². The molecule has 1 amide bonds. The van der Waals surface area contributed by atoms with Crippen molar-refractivity contribution in [3.63, 3.8) is 0 Å². The highest BCUT2D eigenvalue weighted by atomic mass is 32.2. The zero-order valence-electron chi connectivity index (χ0n) is 15.0. The smallest absolute Gasteiger partial charge is 0.255 e. The first-order valence-corrected chi connectivity index (χ1v) is 10.1. The van der Waals surface area contributed by atoms with Crippen LogP contribution in [0.2, 0.25) is 0 Å². The van der Waals surface area contributed by atoms with Crippen LogP contribution in [0, 0.1) is 0 Å². The van der Waals surface area contributed by atoms with Crippen LogP contribution < -0.4 is 10.2 Å². The molecule has 0 radical (unpaired) electrons. The SMILES string of the molecule is CCN(c1ccc(NC(=O)c2ccc(S(C)(=O)=O)cc2)cc1)C(C)C. The average Bonchev–Trinajstić information content (AvgIpc) is 2.56. The Bertz CT molecular complexity index is 826. The lowest BCUT2D eigenvalue weighted by Crippen LogP contribution is -2.30. The van der Waals surface area contributed by atoms with E-state index in [4.69, 9.17) is 0 Å². The fourth-order valence-electron chi connectivity index (χ4n) is 2.64. The number of carbonyl (C=O) groups excluding carboxylic acids is 1. The Hall–Kier alpha value is -2.34. The van der Waals surface area contributed by atoms with E-state index in [0.29, 0.717) is 17.3 Å². The lowest BCUT2D eigenvalue weighted by molar-refractivity contribution is 0.102. The molecule has 5 nitrogen and oxygen atoms in total. The topological polar surface area (TPSA) is 66.5 Å².